The fraction of sp³-hybridized carbons (Fsp3) is 0.400. The minimum atomic E-state index is 0.0797. The summed E-state index contributed by atoms with van der Waals surface area (Å²) >= 11 is 1.39. The summed E-state index contributed by atoms with van der Waals surface area (Å²) in [6.07, 6.45) is 4.13. The molecule has 0 aliphatic rings. The van der Waals surface area contributed by atoms with E-state index in [1.807, 2.05) is 6.26 Å². The van der Waals surface area contributed by atoms with Gasteiger partial charge in [-0.2, -0.15) is 0 Å². The van der Waals surface area contributed by atoms with Crippen molar-refractivity contribution in [3.05, 3.63) is 64.7 Å². The molecule has 0 aliphatic carbocycles. The van der Waals surface area contributed by atoms with Crippen molar-refractivity contribution in [2.24, 2.45) is 0 Å². The number of hydrogen-bond donors (Lipinski definition) is 0. The van der Waals surface area contributed by atoms with Gasteiger partial charge < -0.3 is 4.18 Å². The van der Waals surface area contributed by atoms with Crippen LogP contribution in [0.25, 0.3) is 0 Å². The molecule has 0 fully saturated rings. The highest BCUT2D eigenvalue weighted by Crippen LogP contribution is 2.40. The topological polar surface area (TPSA) is 9.23 Å². The minimum absolute atomic E-state index is 0.0797. The third-order valence-electron chi connectivity index (χ3n) is 4.71. The van der Waals surface area contributed by atoms with Crippen LogP contribution in [0.5, 0.6) is 5.75 Å². The van der Waals surface area contributed by atoms with E-state index in [4.69, 9.17) is 4.18 Å². The number of aryl methyl sites for hydroxylation is 2. The zero-order valence-electron chi connectivity index (χ0n) is 14.3. The van der Waals surface area contributed by atoms with Gasteiger partial charge in [-0.25, -0.2) is 0 Å². The molecule has 22 heavy (non-hydrogen) atoms. The van der Waals surface area contributed by atoms with Gasteiger partial charge in [0.15, 0.2) is 0 Å². The Morgan fingerprint density at radius 3 is 2.00 bits per heavy atom. The summed E-state index contributed by atoms with van der Waals surface area (Å²) < 4.78 is 5.61. The van der Waals surface area contributed by atoms with E-state index in [9.17, 15) is 0 Å². The van der Waals surface area contributed by atoms with Gasteiger partial charge in [0, 0.05) is 11.7 Å². The molecule has 1 nitrogen and oxygen atoms in total. The smallest absolute Gasteiger partial charge is 0.140 e. The second-order valence-electron chi connectivity index (χ2n) is 5.89. The Morgan fingerprint density at radius 2 is 1.50 bits per heavy atom. The van der Waals surface area contributed by atoms with Crippen LogP contribution in [0, 0.1) is 13.8 Å². The number of hydrogen-bond acceptors (Lipinski definition) is 2. The average molecular weight is 314 g/mol. The monoisotopic (exact) mass is 314 g/mol. The van der Waals surface area contributed by atoms with Crippen molar-refractivity contribution in [1.82, 2.24) is 0 Å². The summed E-state index contributed by atoms with van der Waals surface area (Å²) in [5.41, 5.74) is 5.37. The predicted octanol–water partition coefficient (Wildman–Crippen LogP) is 6.07. The Balaban J connectivity index is 2.51. The van der Waals surface area contributed by atoms with Gasteiger partial charge in [0.2, 0.25) is 0 Å². The average Bonchev–Trinajstić information content (AvgIpc) is 2.53. The standard InChI is InChI=1S/C20H26OS/c1-6-20(7-2,17-10-8-15(3)9-11-17)18-12-13-19(21-22-5)16(4)14-18/h8-14H,6-7H2,1-5H3. The first-order chi connectivity index (χ1) is 10.6. The molecule has 0 radical (unpaired) electrons. The Hall–Kier alpha value is -1.41. The SMILES string of the molecule is CCC(CC)(c1ccc(C)cc1)c1ccc(OSC)c(C)c1. The van der Waals surface area contributed by atoms with Gasteiger partial charge in [-0.15, -0.1) is 0 Å². The van der Waals surface area contributed by atoms with Crippen molar-refractivity contribution in [2.45, 2.75) is 46.0 Å². The lowest BCUT2D eigenvalue weighted by Crippen LogP contribution is -2.26. The maximum atomic E-state index is 5.61. The van der Waals surface area contributed by atoms with Crippen LogP contribution in [0.2, 0.25) is 0 Å². The maximum absolute atomic E-state index is 5.61. The highest BCUT2D eigenvalue weighted by atomic mass is 32.2. The van der Waals surface area contributed by atoms with E-state index in [1.165, 1.54) is 34.3 Å². The summed E-state index contributed by atoms with van der Waals surface area (Å²) in [5.74, 6) is 0.960. The van der Waals surface area contributed by atoms with Crippen LogP contribution in [0.3, 0.4) is 0 Å². The molecule has 0 saturated carbocycles. The van der Waals surface area contributed by atoms with Crippen LogP contribution in [0.4, 0.5) is 0 Å². The Labute approximate surface area is 139 Å². The number of benzene rings is 2. The molecule has 118 valence electrons. The van der Waals surface area contributed by atoms with Gasteiger partial charge in [-0.05, 0) is 49.4 Å². The molecule has 0 bridgehead atoms. The van der Waals surface area contributed by atoms with Crippen LogP contribution in [-0.4, -0.2) is 6.26 Å². The molecule has 2 heteroatoms. The predicted molar refractivity (Wildman–Crippen MR) is 97.9 cm³/mol. The molecule has 0 heterocycles. The highest BCUT2D eigenvalue weighted by molar-refractivity contribution is 7.94. The Morgan fingerprint density at radius 1 is 0.909 bits per heavy atom. The van der Waals surface area contributed by atoms with Crippen molar-refractivity contribution >= 4 is 12.0 Å². The van der Waals surface area contributed by atoms with Crippen molar-refractivity contribution in [3.8, 4) is 5.75 Å². The summed E-state index contributed by atoms with van der Waals surface area (Å²) in [6.45, 7) is 8.83. The second kappa shape index (κ2) is 7.23. The summed E-state index contributed by atoms with van der Waals surface area (Å²) in [5, 5.41) is 0. The van der Waals surface area contributed by atoms with Crippen molar-refractivity contribution in [1.29, 1.82) is 0 Å². The maximum Gasteiger partial charge on any atom is 0.140 e. The van der Waals surface area contributed by atoms with Crippen LogP contribution in [0.15, 0.2) is 42.5 Å². The molecular weight excluding hydrogens is 288 g/mol. The van der Waals surface area contributed by atoms with Gasteiger partial charge >= 0.3 is 0 Å². The molecule has 0 saturated heterocycles. The lowest BCUT2D eigenvalue weighted by Gasteiger charge is -2.34. The molecule has 0 N–H and O–H groups in total. The van der Waals surface area contributed by atoms with Gasteiger partial charge in [0.1, 0.15) is 5.75 Å². The molecule has 2 aromatic rings. The van der Waals surface area contributed by atoms with E-state index in [-0.39, 0.29) is 5.41 Å². The van der Waals surface area contributed by atoms with E-state index in [2.05, 4.69) is 70.2 Å². The Bertz CT molecular complexity index is 612. The van der Waals surface area contributed by atoms with Crippen LogP contribution in [0.1, 0.15) is 48.9 Å². The van der Waals surface area contributed by atoms with Gasteiger partial charge in [-0.1, -0.05) is 55.8 Å². The number of rotatable bonds is 6. The van der Waals surface area contributed by atoms with Crippen LogP contribution in [-0.2, 0) is 5.41 Å². The molecule has 0 unspecified atom stereocenters. The molecule has 0 spiro atoms. The third kappa shape index (κ3) is 3.17. The van der Waals surface area contributed by atoms with E-state index in [1.54, 1.807) is 0 Å². The third-order valence-corrected chi connectivity index (χ3v) is 5.06. The van der Waals surface area contributed by atoms with E-state index in [0.717, 1.165) is 18.6 Å². The van der Waals surface area contributed by atoms with E-state index < -0.39 is 0 Å². The summed E-state index contributed by atoms with van der Waals surface area (Å²) in [6, 6.07) is 15.6. The van der Waals surface area contributed by atoms with Gasteiger partial charge in [0.25, 0.3) is 0 Å². The minimum Gasteiger partial charge on any atom is -0.426 e. The quantitative estimate of drug-likeness (QED) is 0.599. The molecular formula is C20H26OS. The normalized spacial score (nSPS) is 11.5. The van der Waals surface area contributed by atoms with Gasteiger partial charge in [-0.3, -0.25) is 0 Å². The van der Waals surface area contributed by atoms with Crippen molar-refractivity contribution < 1.29 is 4.18 Å². The largest absolute Gasteiger partial charge is 0.426 e. The summed E-state index contributed by atoms with van der Waals surface area (Å²) in [4.78, 5) is 0. The zero-order valence-corrected chi connectivity index (χ0v) is 15.1. The van der Waals surface area contributed by atoms with E-state index >= 15 is 0 Å². The van der Waals surface area contributed by atoms with Gasteiger partial charge in [0.05, 0.1) is 12.0 Å². The molecule has 0 aliphatic heterocycles. The van der Waals surface area contributed by atoms with E-state index in [0.29, 0.717) is 0 Å². The van der Waals surface area contributed by atoms with Crippen molar-refractivity contribution in [3.63, 3.8) is 0 Å². The summed E-state index contributed by atoms with van der Waals surface area (Å²) in [7, 11) is 0. The fourth-order valence-electron chi connectivity index (χ4n) is 3.24. The lowest BCUT2D eigenvalue weighted by molar-refractivity contribution is 0.477. The first-order valence-electron chi connectivity index (χ1n) is 7.96. The molecule has 2 aromatic carbocycles. The molecule has 0 atom stereocenters. The van der Waals surface area contributed by atoms with Crippen molar-refractivity contribution in [2.75, 3.05) is 6.26 Å². The Kier molecular flexibility index (Phi) is 5.57. The first-order valence-corrected chi connectivity index (χ1v) is 9.11. The molecule has 2 rings (SSSR count). The van der Waals surface area contributed by atoms with Crippen LogP contribution < -0.4 is 4.18 Å². The first kappa shape index (κ1) is 17.0. The molecule has 0 aromatic heterocycles. The highest BCUT2D eigenvalue weighted by Gasteiger charge is 2.30. The lowest BCUT2D eigenvalue weighted by atomic mass is 9.70. The van der Waals surface area contributed by atoms with Crippen LogP contribution >= 0.6 is 12.0 Å². The fourth-order valence-corrected chi connectivity index (χ4v) is 3.60. The zero-order chi connectivity index (χ0) is 16.2. The molecule has 0 amide bonds. The second-order valence-corrected chi connectivity index (χ2v) is 6.39.